The Labute approximate surface area is 55.4 Å². The molecule has 1 fully saturated rings. The van der Waals surface area contributed by atoms with Gasteiger partial charge in [-0.1, -0.05) is 0 Å². The average molecular weight is 128 g/mol. The van der Waals surface area contributed by atoms with Gasteiger partial charge in [0.25, 0.3) is 0 Å². The van der Waals surface area contributed by atoms with Crippen LogP contribution in [0.1, 0.15) is 26.2 Å². The van der Waals surface area contributed by atoms with Gasteiger partial charge in [-0.05, 0) is 32.3 Å². The second-order valence-corrected chi connectivity index (χ2v) is 2.21. The molecule has 0 aliphatic heterocycles. The van der Waals surface area contributed by atoms with Gasteiger partial charge in [0.05, 0.1) is 0 Å². The van der Waals surface area contributed by atoms with Crippen molar-refractivity contribution in [1.29, 1.82) is 0 Å². The van der Waals surface area contributed by atoms with Crippen molar-refractivity contribution in [3.63, 3.8) is 0 Å². The van der Waals surface area contributed by atoms with Gasteiger partial charge in [0.1, 0.15) is 12.4 Å². The topological polar surface area (TPSA) is 18.5 Å². The van der Waals surface area contributed by atoms with E-state index in [2.05, 4.69) is 0 Å². The molecule has 0 saturated heterocycles. The minimum Gasteiger partial charge on any atom is -0.346 e. The van der Waals surface area contributed by atoms with E-state index in [0.717, 1.165) is 12.8 Å². The molecule has 0 radical (unpaired) electrons. The molecular formula is C7H12O2. The minimum absolute atomic E-state index is 0.362. The van der Waals surface area contributed by atoms with Crippen LogP contribution >= 0.6 is 0 Å². The maximum absolute atomic E-state index is 4.93. The van der Waals surface area contributed by atoms with Crippen LogP contribution in [0.2, 0.25) is 0 Å². The lowest BCUT2D eigenvalue weighted by Gasteiger charge is -2.22. The Bertz CT molecular complexity index is 95.1. The van der Waals surface area contributed by atoms with Crippen LogP contribution in [0.3, 0.4) is 0 Å². The predicted molar refractivity (Wildman–Crippen MR) is 34.6 cm³/mol. The van der Waals surface area contributed by atoms with Crippen LogP contribution in [0.15, 0.2) is 12.3 Å². The molecule has 0 bridgehead atoms. The molecule has 0 spiro atoms. The van der Waals surface area contributed by atoms with Crippen molar-refractivity contribution in [3.05, 3.63) is 12.3 Å². The Balaban J connectivity index is 1.91. The molecule has 52 valence electrons. The Morgan fingerprint density at radius 1 is 1.44 bits per heavy atom. The fourth-order valence-electron chi connectivity index (χ4n) is 0.633. The summed E-state index contributed by atoms with van der Waals surface area (Å²) in [7, 11) is 0. The second-order valence-electron chi connectivity index (χ2n) is 2.21. The highest BCUT2D eigenvalue weighted by molar-refractivity contribution is 4.68. The maximum atomic E-state index is 4.93. The summed E-state index contributed by atoms with van der Waals surface area (Å²) in [6.45, 7) is 1.89. The largest absolute Gasteiger partial charge is 0.346 e. The van der Waals surface area contributed by atoms with Crippen LogP contribution in [0.4, 0.5) is 0 Å². The molecule has 0 unspecified atom stereocenters. The third-order valence-electron chi connectivity index (χ3n) is 1.44. The summed E-state index contributed by atoms with van der Waals surface area (Å²) < 4.78 is 0. The number of hydrogen-bond donors (Lipinski definition) is 0. The first-order valence-electron chi connectivity index (χ1n) is 3.37. The third kappa shape index (κ3) is 2.06. The molecule has 1 saturated carbocycles. The lowest BCUT2D eigenvalue weighted by Crippen LogP contribution is -2.20. The van der Waals surface area contributed by atoms with Gasteiger partial charge >= 0.3 is 0 Å². The van der Waals surface area contributed by atoms with Crippen molar-refractivity contribution >= 4 is 0 Å². The Morgan fingerprint density at radius 2 is 2.22 bits per heavy atom. The Hall–Kier alpha value is -0.500. The molecule has 1 aliphatic rings. The summed E-state index contributed by atoms with van der Waals surface area (Å²) in [4.78, 5) is 9.64. The predicted octanol–water partition coefficient (Wildman–Crippen LogP) is 2.02. The van der Waals surface area contributed by atoms with Crippen LogP contribution < -0.4 is 0 Å². The van der Waals surface area contributed by atoms with E-state index in [1.54, 1.807) is 12.3 Å². The van der Waals surface area contributed by atoms with E-state index in [4.69, 9.17) is 9.78 Å². The van der Waals surface area contributed by atoms with Crippen LogP contribution in [-0.2, 0) is 9.78 Å². The SMILES string of the molecule is CC=COOC1CCC1. The van der Waals surface area contributed by atoms with Gasteiger partial charge in [0, 0.05) is 0 Å². The molecule has 9 heavy (non-hydrogen) atoms. The third-order valence-corrected chi connectivity index (χ3v) is 1.44. The zero-order chi connectivity index (χ0) is 6.53. The summed E-state index contributed by atoms with van der Waals surface area (Å²) in [5.74, 6) is 0. The average Bonchev–Trinajstić information content (AvgIpc) is 1.76. The van der Waals surface area contributed by atoms with E-state index in [9.17, 15) is 0 Å². The molecule has 2 nitrogen and oxygen atoms in total. The molecule has 2 heteroatoms. The summed E-state index contributed by atoms with van der Waals surface area (Å²) in [5, 5.41) is 0. The molecule has 0 N–H and O–H groups in total. The van der Waals surface area contributed by atoms with Gasteiger partial charge in [-0.2, -0.15) is 4.89 Å². The van der Waals surface area contributed by atoms with Crippen LogP contribution in [0.25, 0.3) is 0 Å². The van der Waals surface area contributed by atoms with Gasteiger partial charge in [-0.25, -0.2) is 0 Å². The number of allylic oxidation sites excluding steroid dienone is 1. The van der Waals surface area contributed by atoms with Gasteiger partial charge < -0.3 is 4.89 Å². The molecule has 0 aromatic rings. The van der Waals surface area contributed by atoms with E-state index < -0.39 is 0 Å². The zero-order valence-corrected chi connectivity index (χ0v) is 5.67. The van der Waals surface area contributed by atoms with Crippen molar-refractivity contribution in [3.8, 4) is 0 Å². The van der Waals surface area contributed by atoms with Gasteiger partial charge in [-0.15, -0.1) is 0 Å². The molecule has 0 amide bonds. The van der Waals surface area contributed by atoms with Gasteiger partial charge in [0.2, 0.25) is 0 Å². The highest BCUT2D eigenvalue weighted by Crippen LogP contribution is 2.21. The fourth-order valence-corrected chi connectivity index (χ4v) is 0.633. The molecule has 0 atom stereocenters. The first-order valence-corrected chi connectivity index (χ1v) is 3.37. The lowest BCUT2D eigenvalue weighted by atomic mass is 9.97. The summed E-state index contributed by atoms with van der Waals surface area (Å²) in [6, 6.07) is 0. The van der Waals surface area contributed by atoms with Gasteiger partial charge in [0.15, 0.2) is 0 Å². The highest BCUT2D eigenvalue weighted by Gasteiger charge is 2.18. The highest BCUT2D eigenvalue weighted by atomic mass is 17.2. The zero-order valence-electron chi connectivity index (χ0n) is 5.67. The molecule has 0 aromatic carbocycles. The molecule has 0 aromatic heterocycles. The quantitative estimate of drug-likeness (QED) is 0.329. The molecular weight excluding hydrogens is 116 g/mol. The van der Waals surface area contributed by atoms with E-state index in [1.165, 1.54) is 6.42 Å². The fraction of sp³-hybridized carbons (Fsp3) is 0.714. The maximum Gasteiger partial charge on any atom is 0.125 e. The summed E-state index contributed by atoms with van der Waals surface area (Å²) in [5.41, 5.74) is 0. The standard InChI is InChI=1S/C7H12O2/c1-2-6-8-9-7-4-3-5-7/h2,6-7H,3-5H2,1H3. The normalized spacial score (nSPS) is 20.1. The first kappa shape index (κ1) is 6.62. The summed E-state index contributed by atoms with van der Waals surface area (Å²) >= 11 is 0. The van der Waals surface area contributed by atoms with Crippen LogP contribution in [-0.4, -0.2) is 6.10 Å². The van der Waals surface area contributed by atoms with Gasteiger partial charge in [-0.3, -0.25) is 0 Å². The van der Waals surface area contributed by atoms with Crippen molar-refractivity contribution in [2.24, 2.45) is 0 Å². The van der Waals surface area contributed by atoms with Crippen molar-refractivity contribution in [2.75, 3.05) is 0 Å². The molecule has 1 rings (SSSR count). The van der Waals surface area contributed by atoms with Crippen molar-refractivity contribution < 1.29 is 9.78 Å². The van der Waals surface area contributed by atoms with Crippen LogP contribution in [0, 0.1) is 0 Å². The Morgan fingerprint density at radius 3 is 2.67 bits per heavy atom. The van der Waals surface area contributed by atoms with Crippen molar-refractivity contribution in [1.82, 2.24) is 0 Å². The van der Waals surface area contributed by atoms with E-state index in [-0.39, 0.29) is 0 Å². The molecule has 0 heterocycles. The second kappa shape index (κ2) is 3.51. The molecule has 1 aliphatic carbocycles. The minimum atomic E-state index is 0.362. The van der Waals surface area contributed by atoms with E-state index >= 15 is 0 Å². The monoisotopic (exact) mass is 128 g/mol. The van der Waals surface area contributed by atoms with Crippen LogP contribution in [0.5, 0.6) is 0 Å². The van der Waals surface area contributed by atoms with E-state index in [1.807, 2.05) is 6.92 Å². The number of rotatable bonds is 3. The van der Waals surface area contributed by atoms with E-state index in [0.29, 0.717) is 6.10 Å². The van der Waals surface area contributed by atoms with Crippen molar-refractivity contribution in [2.45, 2.75) is 32.3 Å². The lowest BCUT2D eigenvalue weighted by molar-refractivity contribution is -0.298. The summed E-state index contributed by atoms with van der Waals surface area (Å²) in [6.07, 6.45) is 7.30. The Kier molecular flexibility index (Phi) is 2.58. The number of hydrogen-bond acceptors (Lipinski definition) is 2. The first-order chi connectivity index (χ1) is 4.43. The smallest absolute Gasteiger partial charge is 0.125 e.